The molecule has 0 fully saturated rings. The smallest absolute Gasteiger partial charge is 0.305 e. The molecule has 0 aromatic carbocycles. The number of amides is 1. The molecule has 0 aliphatic rings. The summed E-state index contributed by atoms with van der Waals surface area (Å²) >= 11 is 0. The third kappa shape index (κ3) is 53.9. The number of rotatable bonds is 58. The van der Waals surface area contributed by atoms with E-state index in [1.54, 1.807) is 0 Å². The molecule has 2 atom stereocenters. The zero-order chi connectivity index (χ0) is 49.3. The minimum Gasteiger partial charge on any atom is -0.466 e. The number of hydrogen-bond donors (Lipinski definition) is 3. The van der Waals surface area contributed by atoms with E-state index in [-0.39, 0.29) is 18.5 Å². The average molecular weight is 961 g/mol. The Labute approximate surface area is 425 Å². The van der Waals surface area contributed by atoms with Crippen LogP contribution in [0.3, 0.4) is 0 Å². The predicted octanol–water partition coefficient (Wildman–Crippen LogP) is 19.2. The number of nitrogens with one attached hydrogen (secondary N) is 1. The first-order valence-corrected chi connectivity index (χ1v) is 30.9. The van der Waals surface area contributed by atoms with Crippen molar-refractivity contribution < 1.29 is 24.5 Å². The molecule has 0 bridgehead atoms. The molecule has 1 amide bonds. The highest BCUT2D eigenvalue weighted by molar-refractivity contribution is 5.76. The molecule has 0 saturated carbocycles. The topological polar surface area (TPSA) is 95.9 Å². The van der Waals surface area contributed by atoms with Crippen LogP contribution in [0.2, 0.25) is 0 Å². The normalized spacial score (nSPS) is 12.6. The Morgan fingerprint density at radius 2 is 0.691 bits per heavy atom. The van der Waals surface area contributed by atoms with Crippen LogP contribution >= 0.6 is 0 Å². The largest absolute Gasteiger partial charge is 0.466 e. The molecule has 68 heavy (non-hydrogen) atoms. The van der Waals surface area contributed by atoms with Crippen molar-refractivity contribution in [3.05, 3.63) is 12.2 Å². The van der Waals surface area contributed by atoms with Gasteiger partial charge in [-0.15, -0.1) is 0 Å². The van der Waals surface area contributed by atoms with Gasteiger partial charge in [-0.05, 0) is 51.4 Å². The van der Waals surface area contributed by atoms with Crippen LogP contribution in [0, 0.1) is 0 Å². The van der Waals surface area contributed by atoms with Crippen LogP contribution < -0.4 is 5.32 Å². The van der Waals surface area contributed by atoms with Crippen LogP contribution in [0.5, 0.6) is 0 Å². The summed E-state index contributed by atoms with van der Waals surface area (Å²) in [6.45, 7) is 4.93. The fourth-order valence-corrected chi connectivity index (χ4v) is 9.81. The summed E-state index contributed by atoms with van der Waals surface area (Å²) in [5, 5.41) is 23.4. The highest BCUT2D eigenvalue weighted by atomic mass is 16.5. The van der Waals surface area contributed by atoms with Gasteiger partial charge in [-0.3, -0.25) is 9.59 Å². The van der Waals surface area contributed by atoms with Crippen molar-refractivity contribution in [2.24, 2.45) is 0 Å². The van der Waals surface area contributed by atoms with Gasteiger partial charge in [0.1, 0.15) is 0 Å². The Morgan fingerprint density at radius 3 is 1.07 bits per heavy atom. The first kappa shape index (κ1) is 66.6. The molecule has 6 heteroatoms. The monoisotopic (exact) mass is 960 g/mol. The van der Waals surface area contributed by atoms with Crippen LogP contribution in [-0.4, -0.2) is 47.4 Å². The van der Waals surface area contributed by atoms with Gasteiger partial charge in [-0.2, -0.15) is 0 Å². The van der Waals surface area contributed by atoms with Gasteiger partial charge >= 0.3 is 5.97 Å². The zero-order valence-electron chi connectivity index (χ0n) is 46.1. The molecule has 0 aliphatic carbocycles. The second kappa shape index (κ2) is 58.2. The van der Waals surface area contributed by atoms with Gasteiger partial charge in [-0.1, -0.05) is 296 Å². The number of unbranched alkanes of at least 4 members (excludes halogenated alkanes) is 45. The number of ether oxygens (including phenoxy) is 1. The maximum absolute atomic E-state index is 12.5. The van der Waals surface area contributed by atoms with E-state index in [4.69, 9.17) is 4.74 Å². The van der Waals surface area contributed by atoms with Crippen molar-refractivity contribution in [2.45, 2.75) is 360 Å². The Balaban J connectivity index is 3.43. The van der Waals surface area contributed by atoms with Crippen molar-refractivity contribution in [3.8, 4) is 0 Å². The van der Waals surface area contributed by atoms with E-state index in [9.17, 15) is 19.8 Å². The van der Waals surface area contributed by atoms with E-state index in [2.05, 4.69) is 31.3 Å². The van der Waals surface area contributed by atoms with Crippen LogP contribution in [-0.2, 0) is 14.3 Å². The molecule has 6 nitrogen and oxygen atoms in total. The Hall–Kier alpha value is -1.40. The summed E-state index contributed by atoms with van der Waals surface area (Å²) in [6, 6.07) is -0.550. The molecule has 0 radical (unpaired) electrons. The molecule has 0 aromatic heterocycles. The lowest BCUT2D eigenvalue weighted by Gasteiger charge is -2.22. The van der Waals surface area contributed by atoms with Gasteiger partial charge in [0.2, 0.25) is 5.91 Å². The van der Waals surface area contributed by atoms with Crippen molar-refractivity contribution in [1.82, 2.24) is 5.32 Å². The SMILES string of the molecule is CCCCC/C=C\CCCCCCCC(=O)OCCCCCCCCCCCCCCCCC(=O)NC(CO)C(O)CCCCCCCCCCCCCCCCCCCCCCCCCCC. The van der Waals surface area contributed by atoms with Gasteiger partial charge in [0.25, 0.3) is 0 Å². The Bertz CT molecular complexity index is 1020. The van der Waals surface area contributed by atoms with E-state index >= 15 is 0 Å². The van der Waals surface area contributed by atoms with Crippen molar-refractivity contribution >= 4 is 11.9 Å². The van der Waals surface area contributed by atoms with E-state index in [0.29, 0.717) is 25.9 Å². The number of carbonyl (C=O) groups excluding carboxylic acids is 2. The fraction of sp³-hybridized carbons (Fsp3) is 0.935. The van der Waals surface area contributed by atoms with E-state index < -0.39 is 12.1 Å². The first-order chi connectivity index (χ1) is 33.5. The van der Waals surface area contributed by atoms with Gasteiger partial charge in [0.15, 0.2) is 0 Å². The van der Waals surface area contributed by atoms with Crippen molar-refractivity contribution in [2.75, 3.05) is 13.2 Å². The van der Waals surface area contributed by atoms with Crippen LogP contribution in [0.4, 0.5) is 0 Å². The van der Waals surface area contributed by atoms with Crippen molar-refractivity contribution in [3.63, 3.8) is 0 Å². The summed E-state index contributed by atoms with van der Waals surface area (Å²) in [4.78, 5) is 24.5. The Kier molecular flexibility index (Phi) is 57.0. The second-order valence-electron chi connectivity index (χ2n) is 21.4. The van der Waals surface area contributed by atoms with Crippen LogP contribution in [0.15, 0.2) is 12.2 Å². The molecular formula is C62H121NO5. The summed E-state index contributed by atoms with van der Waals surface area (Å²) in [5.41, 5.74) is 0. The zero-order valence-corrected chi connectivity index (χ0v) is 46.1. The summed E-state index contributed by atoms with van der Waals surface area (Å²) in [7, 11) is 0. The lowest BCUT2D eigenvalue weighted by Crippen LogP contribution is -2.45. The lowest BCUT2D eigenvalue weighted by molar-refractivity contribution is -0.143. The first-order valence-electron chi connectivity index (χ1n) is 30.9. The van der Waals surface area contributed by atoms with Crippen molar-refractivity contribution in [1.29, 1.82) is 0 Å². The molecule has 0 rings (SSSR count). The summed E-state index contributed by atoms with van der Waals surface area (Å²) in [6.07, 6.45) is 69.3. The summed E-state index contributed by atoms with van der Waals surface area (Å²) in [5.74, 6) is -0.0526. The number of hydrogen-bond acceptors (Lipinski definition) is 5. The standard InChI is InChI=1S/C62H121NO5/c1-3-5-7-9-11-13-15-17-18-19-20-21-22-23-24-25-26-27-28-31-34-38-42-46-50-54-60(65)59(58-64)63-61(66)55-51-47-43-39-35-32-29-30-33-37-41-45-49-53-57-68-62(67)56-52-48-44-40-36-16-14-12-10-8-6-4-2/h12,14,59-60,64-65H,3-11,13,15-58H2,1-2H3,(H,63,66)/b14-12-. The second-order valence-corrected chi connectivity index (χ2v) is 21.4. The third-order valence-corrected chi connectivity index (χ3v) is 14.6. The minimum absolute atomic E-state index is 0.0110. The minimum atomic E-state index is -0.672. The van der Waals surface area contributed by atoms with Crippen LogP contribution in [0.1, 0.15) is 348 Å². The van der Waals surface area contributed by atoms with E-state index in [0.717, 1.165) is 51.4 Å². The van der Waals surface area contributed by atoms with Gasteiger partial charge < -0.3 is 20.3 Å². The predicted molar refractivity (Wildman–Crippen MR) is 297 cm³/mol. The lowest BCUT2D eigenvalue weighted by atomic mass is 10.0. The molecule has 3 N–H and O–H groups in total. The van der Waals surface area contributed by atoms with E-state index in [1.165, 1.54) is 263 Å². The number of aliphatic hydroxyl groups is 2. The maximum Gasteiger partial charge on any atom is 0.305 e. The molecular weight excluding hydrogens is 839 g/mol. The maximum atomic E-state index is 12.5. The molecule has 0 aliphatic heterocycles. The molecule has 0 aromatic rings. The quantitative estimate of drug-likeness (QED) is 0.0321. The fourth-order valence-electron chi connectivity index (χ4n) is 9.81. The van der Waals surface area contributed by atoms with Crippen LogP contribution in [0.25, 0.3) is 0 Å². The van der Waals surface area contributed by atoms with Gasteiger partial charge in [0.05, 0.1) is 25.4 Å². The Morgan fingerprint density at radius 1 is 0.397 bits per heavy atom. The summed E-state index contributed by atoms with van der Waals surface area (Å²) < 4.78 is 5.46. The van der Waals surface area contributed by atoms with Gasteiger partial charge in [0, 0.05) is 12.8 Å². The van der Waals surface area contributed by atoms with Gasteiger partial charge in [-0.25, -0.2) is 0 Å². The third-order valence-electron chi connectivity index (χ3n) is 14.6. The molecule has 0 spiro atoms. The molecule has 404 valence electrons. The molecule has 0 heterocycles. The number of aliphatic hydroxyl groups excluding tert-OH is 2. The number of allylic oxidation sites excluding steroid dienone is 2. The average Bonchev–Trinajstić information content (AvgIpc) is 3.34. The number of esters is 1. The highest BCUT2D eigenvalue weighted by Gasteiger charge is 2.20. The highest BCUT2D eigenvalue weighted by Crippen LogP contribution is 2.18. The van der Waals surface area contributed by atoms with E-state index in [1.807, 2.05) is 0 Å². The number of carbonyl (C=O) groups is 2. The molecule has 2 unspecified atom stereocenters. The molecule has 0 saturated heterocycles.